The van der Waals surface area contributed by atoms with Crippen molar-refractivity contribution in [3.8, 4) is 5.75 Å². The molecule has 1 N–H and O–H groups in total. The highest BCUT2D eigenvalue weighted by molar-refractivity contribution is 7.92. The van der Waals surface area contributed by atoms with Crippen LogP contribution < -0.4 is 14.4 Å². The van der Waals surface area contributed by atoms with Crippen molar-refractivity contribution in [1.82, 2.24) is 5.32 Å². The van der Waals surface area contributed by atoms with E-state index in [1.165, 1.54) is 12.1 Å². The van der Waals surface area contributed by atoms with Gasteiger partial charge in [-0.15, -0.1) is 0 Å². The summed E-state index contributed by atoms with van der Waals surface area (Å²) in [7, 11) is -3.75. The largest absolute Gasteiger partial charge is 0.492 e. The SMILES string of the molecule is Cc1ccc(OCCNC(=O)CN(c2cccc(Cl)c2Cl)S(C)(=O)=O)cc1Cl. The molecule has 0 fully saturated rings. The van der Waals surface area contributed by atoms with E-state index in [4.69, 9.17) is 39.5 Å². The van der Waals surface area contributed by atoms with Gasteiger partial charge < -0.3 is 10.1 Å². The van der Waals surface area contributed by atoms with Crippen molar-refractivity contribution < 1.29 is 17.9 Å². The molecule has 0 radical (unpaired) electrons. The summed E-state index contributed by atoms with van der Waals surface area (Å²) < 4.78 is 30.6. The van der Waals surface area contributed by atoms with Crippen LogP contribution in [0.4, 0.5) is 5.69 Å². The minimum absolute atomic E-state index is 0.0574. The predicted octanol–water partition coefficient (Wildman–Crippen LogP) is 3.92. The Labute approximate surface area is 179 Å². The van der Waals surface area contributed by atoms with E-state index in [-0.39, 0.29) is 28.9 Å². The zero-order valence-electron chi connectivity index (χ0n) is 15.2. The molecular formula is C18H19Cl3N2O4S. The second kappa shape index (κ2) is 9.69. The van der Waals surface area contributed by atoms with Crippen LogP contribution in [-0.4, -0.2) is 40.3 Å². The van der Waals surface area contributed by atoms with Crippen LogP contribution in [0.1, 0.15) is 5.56 Å². The van der Waals surface area contributed by atoms with Gasteiger partial charge in [-0.1, -0.05) is 46.9 Å². The van der Waals surface area contributed by atoms with Crippen molar-refractivity contribution in [2.24, 2.45) is 0 Å². The summed E-state index contributed by atoms with van der Waals surface area (Å²) in [4.78, 5) is 12.2. The van der Waals surface area contributed by atoms with Crippen LogP contribution in [0.25, 0.3) is 0 Å². The summed E-state index contributed by atoms with van der Waals surface area (Å²) >= 11 is 18.1. The number of amides is 1. The highest BCUT2D eigenvalue weighted by atomic mass is 35.5. The zero-order chi connectivity index (χ0) is 20.9. The topological polar surface area (TPSA) is 75.7 Å². The Morgan fingerprint density at radius 2 is 1.86 bits per heavy atom. The molecule has 0 saturated carbocycles. The van der Waals surface area contributed by atoms with Crippen molar-refractivity contribution in [2.45, 2.75) is 6.92 Å². The number of hydrogen-bond donors (Lipinski definition) is 1. The number of anilines is 1. The maximum atomic E-state index is 12.2. The van der Waals surface area contributed by atoms with Gasteiger partial charge in [-0.2, -0.15) is 0 Å². The molecular weight excluding hydrogens is 447 g/mol. The van der Waals surface area contributed by atoms with Gasteiger partial charge in [0.05, 0.1) is 28.5 Å². The van der Waals surface area contributed by atoms with Crippen LogP contribution in [0.15, 0.2) is 36.4 Å². The van der Waals surface area contributed by atoms with Crippen molar-refractivity contribution in [3.05, 3.63) is 57.0 Å². The zero-order valence-corrected chi connectivity index (χ0v) is 18.3. The molecule has 2 aromatic carbocycles. The van der Waals surface area contributed by atoms with Crippen molar-refractivity contribution in [1.29, 1.82) is 0 Å². The van der Waals surface area contributed by atoms with Gasteiger partial charge in [0.2, 0.25) is 15.9 Å². The van der Waals surface area contributed by atoms with Crippen LogP contribution in [0.2, 0.25) is 15.1 Å². The summed E-state index contributed by atoms with van der Waals surface area (Å²) in [5, 5.41) is 3.44. The van der Waals surface area contributed by atoms with Gasteiger partial charge >= 0.3 is 0 Å². The molecule has 0 aliphatic carbocycles. The van der Waals surface area contributed by atoms with Gasteiger partial charge in [-0.3, -0.25) is 9.10 Å². The fourth-order valence-corrected chi connectivity index (χ4v) is 3.75. The minimum atomic E-state index is -3.75. The lowest BCUT2D eigenvalue weighted by Crippen LogP contribution is -2.41. The number of sulfonamides is 1. The van der Waals surface area contributed by atoms with E-state index in [0.717, 1.165) is 16.1 Å². The second-order valence-corrected chi connectivity index (χ2v) is 9.05. The maximum Gasteiger partial charge on any atom is 0.240 e. The van der Waals surface area contributed by atoms with E-state index >= 15 is 0 Å². The first-order valence-corrected chi connectivity index (χ1v) is 11.1. The van der Waals surface area contributed by atoms with Crippen LogP contribution in [0, 0.1) is 6.92 Å². The van der Waals surface area contributed by atoms with Crippen molar-refractivity contribution in [3.63, 3.8) is 0 Å². The summed E-state index contributed by atoms with van der Waals surface area (Å²) in [6, 6.07) is 9.85. The average Bonchev–Trinajstić information content (AvgIpc) is 2.61. The van der Waals surface area contributed by atoms with E-state index in [0.29, 0.717) is 10.8 Å². The smallest absolute Gasteiger partial charge is 0.240 e. The molecule has 1 amide bonds. The number of nitrogens with one attached hydrogen (secondary N) is 1. The number of hydrogen-bond acceptors (Lipinski definition) is 4. The molecule has 0 atom stereocenters. The van der Waals surface area contributed by atoms with Crippen molar-refractivity contribution >= 4 is 56.4 Å². The molecule has 2 rings (SSSR count). The van der Waals surface area contributed by atoms with Gasteiger partial charge in [-0.05, 0) is 36.8 Å². The molecule has 0 bridgehead atoms. The molecule has 10 heteroatoms. The molecule has 0 aliphatic heterocycles. The maximum absolute atomic E-state index is 12.2. The summed E-state index contributed by atoms with van der Waals surface area (Å²) in [6.07, 6.45) is 0.988. The number of carbonyl (C=O) groups excluding carboxylic acids is 1. The Morgan fingerprint density at radius 1 is 1.14 bits per heavy atom. The van der Waals surface area contributed by atoms with E-state index in [2.05, 4.69) is 5.32 Å². The summed E-state index contributed by atoms with van der Waals surface area (Å²) in [6.45, 7) is 1.83. The molecule has 0 aromatic heterocycles. The third-order valence-electron chi connectivity index (χ3n) is 3.72. The molecule has 2 aromatic rings. The third-order valence-corrected chi connectivity index (χ3v) is 6.07. The predicted molar refractivity (Wildman–Crippen MR) is 113 cm³/mol. The fourth-order valence-electron chi connectivity index (χ4n) is 2.28. The Bertz CT molecular complexity index is 967. The summed E-state index contributed by atoms with van der Waals surface area (Å²) in [5.41, 5.74) is 1.07. The normalized spacial score (nSPS) is 11.2. The van der Waals surface area contributed by atoms with Crippen LogP contribution in [0.3, 0.4) is 0 Å². The number of halogens is 3. The molecule has 0 heterocycles. The van der Waals surface area contributed by atoms with Gasteiger partial charge in [0.15, 0.2) is 0 Å². The monoisotopic (exact) mass is 464 g/mol. The highest BCUT2D eigenvalue weighted by Crippen LogP contribution is 2.33. The quantitative estimate of drug-likeness (QED) is 0.600. The van der Waals surface area contributed by atoms with Gasteiger partial charge in [0, 0.05) is 5.02 Å². The summed E-state index contributed by atoms with van der Waals surface area (Å²) in [5.74, 6) is 0.0697. The number of carbonyl (C=O) groups is 1. The molecule has 0 aliphatic rings. The molecule has 152 valence electrons. The second-order valence-electron chi connectivity index (χ2n) is 5.95. The van der Waals surface area contributed by atoms with Gasteiger partial charge in [-0.25, -0.2) is 8.42 Å². The van der Waals surface area contributed by atoms with Gasteiger partial charge in [0.1, 0.15) is 18.9 Å². The first-order chi connectivity index (χ1) is 13.1. The lowest BCUT2D eigenvalue weighted by Gasteiger charge is -2.23. The number of aryl methyl sites for hydroxylation is 1. The van der Waals surface area contributed by atoms with Crippen molar-refractivity contribution in [2.75, 3.05) is 30.3 Å². The molecule has 0 saturated heterocycles. The fraction of sp³-hybridized carbons (Fsp3) is 0.278. The first kappa shape index (κ1) is 22.6. The molecule has 6 nitrogen and oxygen atoms in total. The van der Waals surface area contributed by atoms with Crippen LogP contribution in [0.5, 0.6) is 5.75 Å². The number of ether oxygens (including phenoxy) is 1. The Kier molecular flexibility index (Phi) is 7.83. The Hall–Kier alpha value is -1.67. The molecule has 0 unspecified atom stereocenters. The lowest BCUT2D eigenvalue weighted by molar-refractivity contribution is -0.119. The van der Waals surface area contributed by atoms with E-state index in [9.17, 15) is 13.2 Å². The highest BCUT2D eigenvalue weighted by Gasteiger charge is 2.23. The van der Waals surface area contributed by atoms with E-state index in [1.54, 1.807) is 18.2 Å². The van der Waals surface area contributed by atoms with Crippen LogP contribution in [-0.2, 0) is 14.8 Å². The first-order valence-electron chi connectivity index (χ1n) is 8.17. The lowest BCUT2D eigenvalue weighted by atomic mass is 10.2. The number of nitrogens with zero attached hydrogens (tertiary/aromatic N) is 1. The standard InChI is InChI=1S/C18H19Cl3N2O4S/c1-12-6-7-13(10-15(12)20)27-9-8-22-17(24)11-23(28(2,25)26)16-5-3-4-14(19)18(16)21/h3-7,10H,8-9,11H2,1-2H3,(H,22,24). The van der Waals surface area contributed by atoms with E-state index in [1.807, 2.05) is 13.0 Å². The van der Waals surface area contributed by atoms with Crippen LogP contribution >= 0.6 is 34.8 Å². The number of rotatable bonds is 8. The van der Waals surface area contributed by atoms with Gasteiger partial charge in [0.25, 0.3) is 0 Å². The van der Waals surface area contributed by atoms with E-state index < -0.39 is 22.5 Å². The third kappa shape index (κ3) is 6.17. The molecule has 0 spiro atoms. The minimum Gasteiger partial charge on any atom is -0.492 e. The Balaban J connectivity index is 1.95. The average molecular weight is 466 g/mol. The Morgan fingerprint density at radius 3 is 2.50 bits per heavy atom. The molecule has 28 heavy (non-hydrogen) atoms. The number of benzene rings is 2.